The largest absolute Gasteiger partial charge is 0.469 e. The Kier molecular flexibility index (Phi) is 7.68. The summed E-state index contributed by atoms with van der Waals surface area (Å²) in [4.78, 5) is 22.2. The molecule has 0 saturated carbocycles. The lowest BCUT2D eigenvalue weighted by Crippen LogP contribution is -2.21. The van der Waals surface area contributed by atoms with Gasteiger partial charge in [0.1, 0.15) is 6.10 Å². The number of ether oxygens (including phenoxy) is 2. The predicted molar refractivity (Wildman–Crippen MR) is 56.3 cm³/mol. The van der Waals surface area contributed by atoms with Crippen LogP contribution in [-0.4, -0.2) is 25.2 Å². The van der Waals surface area contributed by atoms with Crippen molar-refractivity contribution in [3.8, 4) is 0 Å². The lowest BCUT2D eigenvalue weighted by Gasteiger charge is -2.14. The van der Waals surface area contributed by atoms with Gasteiger partial charge in [0.05, 0.1) is 13.5 Å². The van der Waals surface area contributed by atoms with Crippen molar-refractivity contribution in [3.05, 3.63) is 0 Å². The van der Waals surface area contributed by atoms with Crippen molar-refractivity contribution in [2.45, 2.75) is 52.1 Å². The lowest BCUT2D eigenvalue weighted by atomic mass is 10.2. The molecule has 0 aliphatic carbocycles. The topological polar surface area (TPSA) is 52.6 Å². The second kappa shape index (κ2) is 8.26. The predicted octanol–water partition coefficient (Wildman–Crippen LogP) is 2.06. The van der Waals surface area contributed by atoms with Crippen molar-refractivity contribution in [2.24, 2.45) is 0 Å². The zero-order valence-electron chi connectivity index (χ0n) is 9.75. The first-order chi connectivity index (χ1) is 7.13. The molecule has 4 heteroatoms. The third-order valence-corrected chi connectivity index (χ3v) is 2.11. The van der Waals surface area contributed by atoms with Gasteiger partial charge in [-0.3, -0.25) is 9.59 Å². The number of hydrogen-bond acceptors (Lipinski definition) is 4. The molecule has 0 bridgehead atoms. The van der Waals surface area contributed by atoms with Gasteiger partial charge in [-0.25, -0.2) is 0 Å². The van der Waals surface area contributed by atoms with Crippen molar-refractivity contribution >= 4 is 11.9 Å². The van der Waals surface area contributed by atoms with Gasteiger partial charge in [-0.05, 0) is 12.8 Å². The molecule has 0 aromatic carbocycles. The summed E-state index contributed by atoms with van der Waals surface area (Å²) in [5, 5.41) is 0. The van der Waals surface area contributed by atoms with Crippen molar-refractivity contribution in [1.29, 1.82) is 0 Å². The highest BCUT2D eigenvalue weighted by Crippen LogP contribution is 2.07. The third-order valence-electron chi connectivity index (χ3n) is 2.11. The fourth-order valence-electron chi connectivity index (χ4n) is 1.10. The molecule has 0 rings (SSSR count). The summed E-state index contributed by atoms with van der Waals surface area (Å²) in [5.74, 6) is -0.572. The maximum absolute atomic E-state index is 11.3. The van der Waals surface area contributed by atoms with E-state index in [1.165, 1.54) is 7.11 Å². The van der Waals surface area contributed by atoms with E-state index in [9.17, 15) is 9.59 Å². The number of esters is 2. The Morgan fingerprint density at radius 1 is 1.20 bits per heavy atom. The summed E-state index contributed by atoms with van der Waals surface area (Å²) in [6.45, 7) is 3.89. The molecule has 0 amide bonds. The summed E-state index contributed by atoms with van der Waals surface area (Å²) in [6.07, 6.45) is 2.64. The van der Waals surface area contributed by atoms with Crippen molar-refractivity contribution in [2.75, 3.05) is 7.11 Å². The number of methoxy groups -OCH3 is 1. The van der Waals surface area contributed by atoms with E-state index in [0.717, 1.165) is 12.8 Å². The number of rotatable bonds is 7. The average Bonchev–Trinajstić information content (AvgIpc) is 2.25. The first-order valence-corrected chi connectivity index (χ1v) is 5.40. The summed E-state index contributed by atoms with van der Waals surface area (Å²) in [7, 11) is 1.33. The van der Waals surface area contributed by atoms with Crippen LogP contribution in [0.4, 0.5) is 0 Å². The standard InChI is InChI=1S/C11H20O4/c1-4-6-7-10(12)15-9(5-2)8-11(13)14-3/h9H,4-8H2,1-3H3. The van der Waals surface area contributed by atoms with E-state index < -0.39 is 0 Å². The molecule has 0 aromatic rings. The number of carbonyl (C=O) groups excluding carboxylic acids is 2. The molecular formula is C11H20O4. The van der Waals surface area contributed by atoms with Crippen molar-refractivity contribution < 1.29 is 19.1 Å². The Balaban J connectivity index is 3.87. The van der Waals surface area contributed by atoms with Gasteiger partial charge in [0.25, 0.3) is 0 Å². The zero-order valence-corrected chi connectivity index (χ0v) is 9.75. The molecule has 0 spiro atoms. The number of hydrogen-bond donors (Lipinski definition) is 0. The average molecular weight is 216 g/mol. The van der Waals surface area contributed by atoms with Crippen LogP contribution < -0.4 is 0 Å². The molecule has 0 fully saturated rings. The van der Waals surface area contributed by atoms with Crippen molar-refractivity contribution in [3.63, 3.8) is 0 Å². The number of unbranched alkanes of at least 4 members (excludes halogenated alkanes) is 1. The highest BCUT2D eigenvalue weighted by atomic mass is 16.6. The molecular weight excluding hydrogens is 196 g/mol. The molecule has 0 saturated heterocycles. The Labute approximate surface area is 90.9 Å². The van der Waals surface area contributed by atoms with Crippen LogP contribution in [0.1, 0.15) is 46.0 Å². The first-order valence-electron chi connectivity index (χ1n) is 5.40. The van der Waals surface area contributed by atoms with E-state index in [0.29, 0.717) is 12.8 Å². The van der Waals surface area contributed by atoms with Gasteiger partial charge in [0, 0.05) is 6.42 Å². The Morgan fingerprint density at radius 3 is 2.33 bits per heavy atom. The third kappa shape index (κ3) is 6.94. The van der Waals surface area contributed by atoms with Gasteiger partial charge in [-0.1, -0.05) is 20.3 Å². The van der Waals surface area contributed by atoms with Gasteiger partial charge >= 0.3 is 11.9 Å². The summed E-state index contributed by atoms with van der Waals surface area (Å²) >= 11 is 0. The lowest BCUT2D eigenvalue weighted by molar-refractivity contribution is -0.154. The highest BCUT2D eigenvalue weighted by Gasteiger charge is 2.16. The van der Waals surface area contributed by atoms with Crippen molar-refractivity contribution in [1.82, 2.24) is 0 Å². The van der Waals surface area contributed by atoms with Crippen LogP contribution in [0.2, 0.25) is 0 Å². The molecule has 15 heavy (non-hydrogen) atoms. The van der Waals surface area contributed by atoms with Crippen LogP contribution in [0.25, 0.3) is 0 Å². The molecule has 0 aliphatic heterocycles. The summed E-state index contributed by atoms with van der Waals surface area (Å²) < 4.78 is 9.65. The zero-order chi connectivity index (χ0) is 11.7. The minimum atomic E-state index is -0.346. The fourth-order valence-corrected chi connectivity index (χ4v) is 1.10. The smallest absolute Gasteiger partial charge is 0.309 e. The van der Waals surface area contributed by atoms with E-state index in [2.05, 4.69) is 4.74 Å². The molecule has 0 aliphatic rings. The molecule has 4 nitrogen and oxygen atoms in total. The Bertz CT molecular complexity index is 201. The second-order valence-electron chi connectivity index (χ2n) is 3.40. The monoisotopic (exact) mass is 216 g/mol. The molecule has 88 valence electrons. The van der Waals surface area contributed by atoms with Crippen LogP contribution in [0.5, 0.6) is 0 Å². The van der Waals surface area contributed by atoms with Crippen LogP contribution in [0, 0.1) is 0 Å². The molecule has 0 heterocycles. The highest BCUT2D eigenvalue weighted by molar-refractivity contribution is 5.72. The second-order valence-corrected chi connectivity index (χ2v) is 3.40. The van der Waals surface area contributed by atoms with E-state index in [-0.39, 0.29) is 24.5 Å². The molecule has 0 radical (unpaired) electrons. The van der Waals surface area contributed by atoms with Gasteiger partial charge in [-0.2, -0.15) is 0 Å². The first kappa shape index (κ1) is 13.9. The van der Waals surface area contributed by atoms with Gasteiger partial charge in [0.2, 0.25) is 0 Å². The Hall–Kier alpha value is -1.06. The van der Waals surface area contributed by atoms with Crippen LogP contribution in [-0.2, 0) is 19.1 Å². The minimum Gasteiger partial charge on any atom is -0.469 e. The van der Waals surface area contributed by atoms with Gasteiger partial charge in [0.15, 0.2) is 0 Å². The van der Waals surface area contributed by atoms with E-state index in [1.807, 2.05) is 13.8 Å². The molecule has 0 aromatic heterocycles. The molecule has 1 unspecified atom stereocenters. The SMILES string of the molecule is CCCCC(=O)OC(CC)CC(=O)OC. The normalized spacial score (nSPS) is 11.9. The van der Waals surface area contributed by atoms with E-state index in [1.54, 1.807) is 0 Å². The minimum absolute atomic E-state index is 0.144. The van der Waals surface area contributed by atoms with Crippen LogP contribution in [0.3, 0.4) is 0 Å². The van der Waals surface area contributed by atoms with Crippen LogP contribution in [0.15, 0.2) is 0 Å². The Morgan fingerprint density at radius 2 is 1.87 bits per heavy atom. The van der Waals surface area contributed by atoms with Gasteiger partial charge < -0.3 is 9.47 Å². The summed E-state index contributed by atoms with van der Waals surface area (Å²) in [5.41, 5.74) is 0. The molecule has 0 N–H and O–H groups in total. The fraction of sp³-hybridized carbons (Fsp3) is 0.818. The quantitative estimate of drug-likeness (QED) is 0.611. The van der Waals surface area contributed by atoms with Gasteiger partial charge in [-0.15, -0.1) is 0 Å². The molecule has 1 atom stereocenters. The maximum atomic E-state index is 11.3. The maximum Gasteiger partial charge on any atom is 0.309 e. The van der Waals surface area contributed by atoms with E-state index >= 15 is 0 Å². The number of carbonyl (C=O) groups is 2. The summed E-state index contributed by atoms with van der Waals surface area (Å²) in [6, 6.07) is 0. The van der Waals surface area contributed by atoms with Crippen LogP contribution >= 0.6 is 0 Å². The van der Waals surface area contributed by atoms with E-state index in [4.69, 9.17) is 4.74 Å².